The zero-order valence-electron chi connectivity index (χ0n) is 29.1. The average Bonchev–Trinajstić information content (AvgIpc) is 3.65. The standard InChI is InChI=1S/C48H26N6O/c49-27-30-21-22-39(37(23-30)29-51)41-25-36(38-18-8-7-15-35(38)28-50)26-42-44-40(19-10-20-43(44)55-45(41)42)33-16-9-17-34(24-33)48-53-46(31-11-3-1-4-12-31)52-47(54-48)32-13-5-2-6-14-32/h1-26H. The number of furan rings is 1. The molecule has 0 N–H and O–H groups in total. The summed E-state index contributed by atoms with van der Waals surface area (Å²) in [5, 5.41) is 31.6. The molecule has 0 radical (unpaired) electrons. The topological polar surface area (TPSA) is 123 Å². The van der Waals surface area contributed by atoms with Crippen LogP contribution in [-0.4, -0.2) is 15.0 Å². The summed E-state index contributed by atoms with van der Waals surface area (Å²) < 4.78 is 6.68. The lowest BCUT2D eigenvalue weighted by Crippen LogP contribution is -2.00. The van der Waals surface area contributed by atoms with Gasteiger partial charge in [0.1, 0.15) is 11.2 Å². The molecule has 2 aromatic heterocycles. The number of hydrogen-bond donors (Lipinski definition) is 0. The van der Waals surface area contributed by atoms with E-state index >= 15 is 0 Å². The molecule has 55 heavy (non-hydrogen) atoms. The third kappa shape index (κ3) is 5.93. The highest BCUT2D eigenvalue weighted by molar-refractivity contribution is 6.17. The SMILES string of the molecule is N#Cc1ccc(-c2cc(-c3ccccc3C#N)cc3c2oc2cccc(-c4cccc(-c5nc(-c6ccccc6)nc(-c6ccccc6)n5)c4)c23)c(C#N)c1. The average molecular weight is 703 g/mol. The molecule has 0 fully saturated rings. The highest BCUT2D eigenvalue weighted by Crippen LogP contribution is 2.44. The fourth-order valence-corrected chi connectivity index (χ4v) is 7.06. The number of hydrogen-bond acceptors (Lipinski definition) is 7. The second-order valence-corrected chi connectivity index (χ2v) is 12.9. The van der Waals surface area contributed by atoms with Crippen molar-refractivity contribution in [2.75, 3.05) is 0 Å². The number of aromatic nitrogens is 3. The van der Waals surface area contributed by atoms with Crippen molar-refractivity contribution in [2.45, 2.75) is 0 Å². The van der Waals surface area contributed by atoms with Gasteiger partial charge in [-0.1, -0.05) is 115 Å². The van der Waals surface area contributed by atoms with E-state index in [1.807, 2.05) is 115 Å². The summed E-state index contributed by atoms with van der Waals surface area (Å²) in [6.07, 6.45) is 0. The van der Waals surface area contributed by atoms with E-state index in [0.29, 0.717) is 56.5 Å². The summed E-state index contributed by atoms with van der Waals surface area (Å²) in [5.41, 5.74) is 9.83. The van der Waals surface area contributed by atoms with E-state index in [1.165, 1.54) is 0 Å². The van der Waals surface area contributed by atoms with Crippen molar-refractivity contribution in [2.24, 2.45) is 0 Å². The minimum absolute atomic E-state index is 0.349. The summed E-state index contributed by atoms with van der Waals surface area (Å²) in [6, 6.07) is 57.1. The van der Waals surface area contributed by atoms with Crippen LogP contribution in [0.3, 0.4) is 0 Å². The molecule has 0 bridgehead atoms. The number of nitrogens with zero attached hydrogens (tertiary/aromatic N) is 6. The van der Waals surface area contributed by atoms with E-state index in [2.05, 4.69) is 36.4 Å². The monoisotopic (exact) mass is 702 g/mol. The first-order valence-electron chi connectivity index (χ1n) is 17.5. The zero-order valence-corrected chi connectivity index (χ0v) is 29.1. The Kier molecular flexibility index (Phi) is 8.18. The fraction of sp³-hybridized carbons (Fsp3) is 0. The van der Waals surface area contributed by atoms with Crippen LogP contribution in [0.2, 0.25) is 0 Å². The highest BCUT2D eigenvalue weighted by atomic mass is 16.3. The van der Waals surface area contributed by atoms with Gasteiger partial charge in [0, 0.05) is 38.6 Å². The van der Waals surface area contributed by atoms with Crippen LogP contribution in [0.4, 0.5) is 0 Å². The molecule has 7 heteroatoms. The van der Waals surface area contributed by atoms with Gasteiger partial charge in [0.2, 0.25) is 0 Å². The molecule has 2 heterocycles. The van der Waals surface area contributed by atoms with E-state index < -0.39 is 0 Å². The maximum Gasteiger partial charge on any atom is 0.164 e. The molecule has 0 aliphatic rings. The van der Waals surface area contributed by atoms with E-state index in [1.54, 1.807) is 24.3 Å². The summed E-state index contributed by atoms with van der Waals surface area (Å²) in [6.45, 7) is 0. The Labute approximate surface area is 316 Å². The van der Waals surface area contributed by atoms with Crippen LogP contribution in [0, 0.1) is 34.0 Å². The Hall–Kier alpha value is -8.18. The zero-order chi connectivity index (χ0) is 37.3. The molecule has 9 rings (SSSR count). The van der Waals surface area contributed by atoms with Crippen LogP contribution in [0.5, 0.6) is 0 Å². The third-order valence-electron chi connectivity index (χ3n) is 9.65. The lowest BCUT2D eigenvalue weighted by molar-refractivity contribution is 0.670. The molecule has 254 valence electrons. The van der Waals surface area contributed by atoms with Gasteiger partial charge in [-0.2, -0.15) is 15.8 Å². The van der Waals surface area contributed by atoms with Crippen molar-refractivity contribution in [3.63, 3.8) is 0 Å². The van der Waals surface area contributed by atoms with Gasteiger partial charge < -0.3 is 4.42 Å². The first-order valence-corrected chi connectivity index (χ1v) is 17.5. The molecule has 0 atom stereocenters. The summed E-state index contributed by atoms with van der Waals surface area (Å²) in [7, 11) is 0. The molecule has 0 saturated heterocycles. The van der Waals surface area contributed by atoms with E-state index in [9.17, 15) is 15.8 Å². The van der Waals surface area contributed by atoms with Crippen molar-refractivity contribution in [3.05, 3.63) is 174 Å². The lowest BCUT2D eigenvalue weighted by Gasteiger charge is -2.11. The van der Waals surface area contributed by atoms with Gasteiger partial charge in [0.15, 0.2) is 17.5 Å². The molecular weight excluding hydrogens is 677 g/mol. The van der Waals surface area contributed by atoms with Crippen LogP contribution >= 0.6 is 0 Å². The number of fused-ring (bicyclic) bond motifs is 3. The maximum atomic E-state index is 10.2. The quantitative estimate of drug-likeness (QED) is 0.169. The summed E-state index contributed by atoms with van der Waals surface area (Å²) >= 11 is 0. The number of benzene rings is 7. The van der Waals surface area contributed by atoms with Crippen LogP contribution in [0.1, 0.15) is 16.7 Å². The first kappa shape index (κ1) is 32.7. The molecule has 0 unspecified atom stereocenters. The molecule has 0 saturated carbocycles. The van der Waals surface area contributed by atoms with Gasteiger partial charge in [-0.3, -0.25) is 0 Å². The Bertz CT molecular complexity index is 3020. The number of nitriles is 3. The van der Waals surface area contributed by atoms with Crippen LogP contribution in [0.15, 0.2) is 162 Å². The van der Waals surface area contributed by atoms with Crippen LogP contribution in [-0.2, 0) is 0 Å². The Balaban J connectivity index is 1.27. The largest absolute Gasteiger partial charge is 0.455 e. The highest BCUT2D eigenvalue weighted by Gasteiger charge is 2.21. The van der Waals surface area contributed by atoms with Gasteiger partial charge in [-0.05, 0) is 64.7 Å². The third-order valence-corrected chi connectivity index (χ3v) is 9.65. The van der Waals surface area contributed by atoms with Crippen molar-refractivity contribution in [1.82, 2.24) is 15.0 Å². The molecule has 0 spiro atoms. The Morgan fingerprint density at radius 3 is 1.69 bits per heavy atom. The molecule has 0 aliphatic heterocycles. The van der Waals surface area contributed by atoms with Crippen molar-refractivity contribution >= 4 is 21.9 Å². The minimum Gasteiger partial charge on any atom is -0.455 e. The maximum absolute atomic E-state index is 10.2. The second-order valence-electron chi connectivity index (χ2n) is 12.9. The van der Waals surface area contributed by atoms with Gasteiger partial charge >= 0.3 is 0 Å². The summed E-state index contributed by atoms with van der Waals surface area (Å²) in [4.78, 5) is 14.8. The molecular formula is C48H26N6O. The van der Waals surface area contributed by atoms with Gasteiger partial charge in [-0.25, -0.2) is 15.0 Å². The van der Waals surface area contributed by atoms with Gasteiger partial charge in [-0.15, -0.1) is 0 Å². The van der Waals surface area contributed by atoms with E-state index in [-0.39, 0.29) is 0 Å². The minimum atomic E-state index is 0.349. The molecule has 9 aromatic rings. The molecule has 7 nitrogen and oxygen atoms in total. The smallest absolute Gasteiger partial charge is 0.164 e. The van der Waals surface area contributed by atoms with Crippen LogP contribution in [0.25, 0.3) is 89.5 Å². The van der Waals surface area contributed by atoms with Crippen LogP contribution < -0.4 is 0 Å². The summed E-state index contributed by atoms with van der Waals surface area (Å²) in [5.74, 6) is 1.70. The molecule has 0 amide bonds. The van der Waals surface area contributed by atoms with Gasteiger partial charge in [0.25, 0.3) is 0 Å². The van der Waals surface area contributed by atoms with E-state index in [4.69, 9.17) is 19.4 Å². The predicted octanol–water partition coefficient (Wildman–Crippen LogP) is 11.4. The molecule has 7 aromatic carbocycles. The first-order chi connectivity index (χ1) is 27.1. The lowest BCUT2D eigenvalue weighted by atomic mass is 9.90. The Morgan fingerprint density at radius 2 is 1.00 bits per heavy atom. The van der Waals surface area contributed by atoms with E-state index in [0.717, 1.165) is 49.7 Å². The second kappa shape index (κ2) is 13.7. The van der Waals surface area contributed by atoms with Crippen molar-refractivity contribution in [1.29, 1.82) is 15.8 Å². The van der Waals surface area contributed by atoms with Crippen molar-refractivity contribution < 1.29 is 4.42 Å². The van der Waals surface area contributed by atoms with Crippen molar-refractivity contribution in [3.8, 4) is 85.8 Å². The normalized spacial score (nSPS) is 10.9. The Morgan fingerprint density at radius 1 is 0.400 bits per heavy atom. The number of rotatable bonds is 6. The molecule has 0 aliphatic carbocycles. The van der Waals surface area contributed by atoms with Gasteiger partial charge in [0.05, 0.1) is 34.9 Å². The predicted molar refractivity (Wildman–Crippen MR) is 214 cm³/mol. The fourth-order valence-electron chi connectivity index (χ4n) is 7.06.